The molecule has 1 fully saturated rings. The number of nitrogens with two attached hydrogens (primary N) is 1. The van der Waals surface area contributed by atoms with Crippen LogP contribution in [-0.2, 0) is 99.2 Å². The van der Waals surface area contributed by atoms with E-state index in [0.717, 1.165) is 56.2 Å². The zero-order valence-electron chi connectivity index (χ0n) is 64.4. The van der Waals surface area contributed by atoms with Crippen molar-refractivity contribution in [3.05, 3.63) is 159 Å². The van der Waals surface area contributed by atoms with E-state index in [9.17, 15) is 97.8 Å². The number of rotatable bonds is 40. The number of aryl methyl sites for hydroxylation is 2. The number of carbonyl (C=O) groups is 14. The summed E-state index contributed by atoms with van der Waals surface area (Å²) in [6.07, 6.45) is -3.43. The minimum absolute atomic E-state index is 0.00987. The van der Waals surface area contributed by atoms with Gasteiger partial charge in [-0.1, -0.05) is 79.7 Å². The average Bonchev–Trinajstić information content (AvgIpc) is 1.61. The predicted octanol–water partition coefficient (Wildman–Crippen LogP) is -0.201. The summed E-state index contributed by atoms with van der Waals surface area (Å²) in [7, 11) is 1.08. The number of primary amides is 1. The number of pyridine rings is 1. The number of alkyl carbamates (subject to hydrolysis) is 1. The van der Waals surface area contributed by atoms with Crippen molar-refractivity contribution in [3.63, 3.8) is 0 Å². The summed E-state index contributed by atoms with van der Waals surface area (Å²) in [4.78, 5) is 205. The number of methoxy groups -OCH3 is 1. The molecule has 622 valence electrons. The summed E-state index contributed by atoms with van der Waals surface area (Å²) in [5.74, 6) is -16.8. The molecule has 2 unspecified atom stereocenters. The highest BCUT2D eigenvalue weighted by Gasteiger charge is 2.49. The average molecular weight is 1720 g/mol. The van der Waals surface area contributed by atoms with Crippen LogP contribution in [0.3, 0.4) is 0 Å². The number of phenolic OH excluding ortho intramolecular Hbond substituents is 1. The number of aromatic amines is 1. The molecule has 4 aromatic carbocycles. The molecule has 2 aromatic heterocycles. The maximum absolute atomic E-state index is 15.6. The minimum Gasteiger partial charge on any atom is -0.507 e. The van der Waals surface area contributed by atoms with Gasteiger partial charge in [0, 0.05) is 56.6 Å². The van der Waals surface area contributed by atoms with E-state index in [-0.39, 0.29) is 50.0 Å². The number of halogens is 2. The molecule has 3 heterocycles. The van der Waals surface area contributed by atoms with Crippen LogP contribution in [0.25, 0.3) is 22.4 Å². The van der Waals surface area contributed by atoms with Gasteiger partial charge in [-0.25, -0.2) is 14.2 Å². The van der Waals surface area contributed by atoms with Crippen molar-refractivity contribution >= 4 is 106 Å². The second kappa shape index (κ2) is 41.8. The van der Waals surface area contributed by atoms with Crippen LogP contribution in [0.5, 0.6) is 5.75 Å². The zero-order chi connectivity index (χ0) is 85.5. The van der Waals surface area contributed by atoms with E-state index in [1.165, 1.54) is 48.7 Å². The number of ether oxygens (including phenoxy) is 1. The third-order valence-corrected chi connectivity index (χ3v) is 20.3. The number of imidazole rings is 1. The minimum atomic E-state index is -2.45. The molecule has 36 nitrogen and oxygen atoms in total. The molecule has 1 aliphatic heterocycles. The van der Waals surface area contributed by atoms with E-state index in [4.69, 9.17) is 10.5 Å². The molecule has 0 bridgehead atoms. The Bertz CT molecular complexity index is 4580. The molecule has 12 amide bonds. The first-order valence-electron chi connectivity index (χ1n) is 36.8. The van der Waals surface area contributed by atoms with Gasteiger partial charge >= 0.3 is 18.0 Å². The van der Waals surface area contributed by atoms with Crippen molar-refractivity contribution in [2.75, 3.05) is 26.8 Å². The van der Waals surface area contributed by atoms with Gasteiger partial charge in [0.1, 0.15) is 71.0 Å². The Morgan fingerprint density at radius 3 is 1.91 bits per heavy atom. The number of aliphatic carboxylic acids is 2. The molecule has 12 atom stereocenters. The van der Waals surface area contributed by atoms with Crippen LogP contribution in [0, 0.1) is 16.3 Å². The number of nitrogens with one attached hydrogen (secondary N) is 11. The summed E-state index contributed by atoms with van der Waals surface area (Å²) in [5.41, 5.74) is 7.45. The number of phenols is 1. The summed E-state index contributed by atoms with van der Waals surface area (Å²) in [6, 6.07) is 11.4. The molecule has 0 spiro atoms. The number of carboxylic acid groups (broad SMARTS) is 2. The monoisotopic (exact) mass is 1720 g/mol. The number of hydrogen-bond acceptors (Lipinski definition) is 21. The quantitative estimate of drug-likeness (QED) is 0.0222. The third kappa shape index (κ3) is 25.0. The molecular formula is C78H95FIN15O21. The van der Waals surface area contributed by atoms with Crippen molar-refractivity contribution in [1.82, 2.24) is 73.0 Å². The molecule has 0 saturated carbocycles. The second-order valence-electron chi connectivity index (χ2n) is 28.3. The standard InChI is InChI=1S/C78H95FIN15O21/c1-8-45-30-60(99)52(80)32-50(45)46-21-18-43(19-22-46)28-56(68(107)86-55(66(81)105)29-44-20-23-53(83-35-44)49-16-11-9-14-40(49)2)87-69(108)57(33-63(103)104)88-70(109)59(38-96)89-71(110)64(41(3)97)93-74(113)77(5,34-47-15-10-12-17-51(47)79)94-72(111)65(42(4)98)92-61(100)37-84-67(106)54(24-25-62(101)102)90-75(114)78(6)26-13-27-95(78)73(112)58(91-76(115)116-7)31-48-36-82-39-85-48/h9-12,14-23,30,32,35-36,39,41-42,54-59,64-65,96-99H,8,13,24-29,31,33-34,37-38H2,1-7H3,(H2,81,105)(H,82,85)(H,84,106)(H,86,107)(H,87,108)(H,88,109)(H,89,110)(H,90,114)(H,91,115)(H,92,100)(H,93,113)(H,94,111)(H,101,102)(H,103,104)/t41-,42-,54+,55+,56+,57+,58+,59+,64+,65+,77?,78?/m1/s1. The predicted molar refractivity (Wildman–Crippen MR) is 420 cm³/mol. The third-order valence-electron chi connectivity index (χ3n) is 19.4. The lowest BCUT2D eigenvalue weighted by atomic mass is 9.90. The number of hydrogen-bond donors (Lipinski definition) is 18. The van der Waals surface area contributed by atoms with Crippen molar-refractivity contribution in [1.29, 1.82) is 0 Å². The second-order valence-corrected chi connectivity index (χ2v) is 29.4. The normalized spacial score (nSPS) is 16.2. The highest BCUT2D eigenvalue weighted by molar-refractivity contribution is 14.1. The molecule has 1 aliphatic rings. The fourth-order valence-corrected chi connectivity index (χ4v) is 13.4. The molecule has 116 heavy (non-hydrogen) atoms. The summed E-state index contributed by atoms with van der Waals surface area (Å²) in [5, 5.41) is 86.1. The molecule has 0 radical (unpaired) electrons. The molecule has 7 rings (SSSR count). The molecule has 6 aromatic rings. The van der Waals surface area contributed by atoms with E-state index in [0.29, 0.717) is 38.1 Å². The van der Waals surface area contributed by atoms with Gasteiger partial charge in [0.05, 0.1) is 60.2 Å². The number of aliphatic hydroxyl groups is 3. The Hall–Kier alpha value is -12.0. The molecule has 1 saturated heterocycles. The molecule has 0 aliphatic carbocycles. The first-order chi connectivity index (χ1) is 54.9. The van der Waals surface area contributed by atoms with Crippen LogP contribution in [0.2, 0.25) is 0 Å². The van der Waals surface area contributed by atoms with Gasteiger partial charge in [0.15, 0.2) is 0 Å². The first kappa shape index (κ1) is 91.1. The number of aromatic hydroxyl groups is 1. The number of carbonyl (C=O) groups excluding carboxylic acids is 12. The number of aromatic nitrogens is 3. The highest BCUT2D eigenvalue weighted by Crippen LogP contribution is 2.34. The van der Waals surface area contributed by atoms with E-state index >= 15 is 4.39 Å². The van der Waals surface area contributed by atoms with E-state index in [1.807, 2.05) is 60.7 Å². The number of nitrogens with zero attached hydrogens (tertiary/aromatic N) is 3. The number of carboxylic acids is 2. The Morgan fingerprint density at radius 2 is 1.31 bits per heavy atom. The maximum atomic E-state index is 15.6. The number of benzene rings is 4. The zero-order valence-corrected chi connectivity index (χ0v) is 66.6. The highest BCUT2D eigenvalue weighted by atomic mass is 127. The van der Waals surface area contributed by atoms with Crippen molar-refractivity contribution in [2.24, 2.45) is 5.73 Å². The number of amides is 12. The topological polar surface area (TPSA) is 561 Å². The van der Waals surface area contributed by atoms with Crippen LogP contribution in [0.15, 0.2) is 116 Å². The Morgan fingerprint density at radius 1 is 0.690 bits per heavy atom. The van der Waals surface area contributed by atoms with Crippen molar-refractivity contribution in [2.45, 2.75) is 177 Å². The van der Waals surface area contributed by atoms with E-state index < -0.39 is 199 Å². The Balaban J connectivity index is 1.05. The Labute approximate surface area is 678 Å². The fourth-order valence-electron chi connectivity index (χ4n) is 12.9. The lowest BCUT2D eigenvalue weighted by Crippen LogP contribution is -2.67. The van der Waals surface area contributed by atoms with Gasteiger partial charge in [-0.15, -0.1) is 0 Å². The van der Waals surface area contributed by atoms with Gasteiger partial charge in [-0.2, -0.15) is 0 Å². The first-order valence-corrected chi connectivity index (χ1v) is 37.9. The number of H-pyrrole nitrogens is 1. The SMILES string of the molecule is CCc1cc(O)c(I)cc1-c1ccc(C[C@H](NC(=O)[C@H](CC(=O)O)NC(=O)[C@H](CO)NC(=O)[C@@H](NC(=O)C(C)(Cc2ccccc2F)NC(=O)[C@@H](NC(=O)CNC(=O)[C@H](CCC(=O)O)NC(=O)C2(C)CCCN2C(=O)[C@H](Cc2c[nH]cn2)NC(=O)OC)[C@@H](C)O)[C@@H](C)O)C(=O)N[C@@H](Cc2ccc(-c3ccccc3C)nc2)C(N)=O)cc1. The number of likely N-dealkylation sites (tertiary alicyclic amines) is 1. The fraction of sp³-hybridized carbons (Fsp3) is 0.410. The van der Waals surface area contributed by atoms with Crippen LogP contribution in [0.1, 0.15) is 100 Å². The Kier molecular flexibility index (Phi) is 32.9. The lowest BCUT2D eigenvalue weighted by molar-refractivity contribution is -0.146. The molecular weight excluding hydrogens is 1630 g/mol. The van der Waals surface area contributed by atoms with Gasteiger partial charge in [0.2, 0.25) is 65.0 Å². The van der Waals surface area contributed by atoms with Crippen LogP contribution >= 0.6 is 22.6 Å². The summed E-state index contributed by atoms with van der Waals surface area (Å²) in [6.45, 7) is 5.94. The van der Waals surface area contributed by atoms with Crippen molar-refractivity contribution < 1.29 is 107 Å². The van der Waals surface area contributed by atoms with Crippen LogP contribution in [-0.4, -0.2) is 232 Å². The van der Waals surface area contributed by atoms with E-state index in [2.05, 4.69) is 68.1 Å². The van der Waals surface area contributed by atoms with E-state index in [1.54, 1.807) is 48.5 Å². The maximum Gasteiger partial charge on any atom is 0.407 e. The lowest BCUT2D eigenvalue weighted by Gasteiger charge is -2.37. The van der Waals surface area contributed by atoms with Gasteiger partial charge in [0.25, 0.3) is 0 Å². The molecule has 38 heteroatoms. The summed E-state index contributed by atoms with van der Waals surface area (Å²) < 4.78 is 20.9. The number of aliphatic hydroxyl groups excluding tert-OH is 3. The smallest absolute Gasteiger partial charge is 0.407 e. The largest absolute Gasteiger partial charge is 0.507 e. The van der Waals surface area contributed by atoms with Crippen LogP contribution < -0.4 is 58.9 Å². The van der Waals surface area contributed by atoms with Crippen molar-refractivity contribution in [3.8, 4) is 28.1 Å². The van der Waals surface area contributed by atoms with Gasteiger partial charge in [-0.05, 0) is 146 Å². The molecule has 19 N–H and O–H groups in total. The van der Waals surface area contributed by atoms with Gasteiger partial charge < -0.3 is 104 Å². The van der Waals surface area contributed by atoms with Gasteiger partial charge in [-0.3, -0.25) is 67.3 Å². The van der Waals surface area contributed by atoms with Crippen LogP contribution in [0.4, 0.5) is 9.18 Å². The summed E-state index contributed by atoms with van der Waals surface area (Å²) >= 11 is 1.99.